The summed E-state index contributed by atoms with van der Waals surface area (Å²) in [7, 11) is 0. The summed E-state index contributed by atoms with van der Waals surface area (Å²) in [6, 6.07) is 21.3. The Morgan fingerprint density at radius 2 is 1.32 bits per heavy atom. The summed E-state index contributed by atoms with van der Waals surface area (Å²) in [5.41, 5.74) is 3.58. The van der Waals surface area contributed by atoms with Crippen LogP contribution in [0, 0.1) is 20.8 Å². The van der Waals surface area contributed by atoms with Crippen LogP contribution in [0.25, 0.3) is 21.5 Å². The van der Waals surface area contributed by atoms with Crippen molar-refractivity contribution in [2.45, 2.75) is 20.8 Å². The Bertz CT molecular complexity index is 1090. The first-order chi connectivity index (χ1) is 12.0. The molecule has 0 aliphatic heterocycles. The predicted octanol–water partition coefficient (Wildman–Crippen LogP) is 7.47. The Labute approximate surface area is 156 Å². The summed E-state index contributed by atoms with van der Waals surface area (Å²) >= 11 is 3.69. The van der Waals surface area contributed by atoms with E-state index in [-0.39, 0.29) is 0 Å². The Hall–Kier alpha value is -2.32. The zero-order chi connectivity index (χ0) is 17.6. The van der Waals surface area contributed by atoms with Gasteiger partial charge in [-0.1, -0.05) is 57.9 Å². The maximum absolute atomic E-state index is 6.39. The molecule has 2 heteroatoms. The zero-order valence-corrected chi connectivity index (χ0v) is 16.1. The van der Waals surface area contributed by atoms with Crippen LogP contribution in [0.5, 0.6) is 11.5 Å². The molecule has 0 spiro atoms. The summed E-state index contributed by atoms with van der Waals surface area (Å²) in [5.74, 6) is 1.83. The van der Waals surface area contributed by atoms with Crippen LogP contribution in [0.1, 0.15) is 16.7 Å². The first kappa shape index (κ1) is 16.2. The van der Waals surface area contributed by atoms with Crippen molar-refractivity contribution in [1.82, 2.24) is 0 Å². The summed E-state index contributed by atoms with van der Waals surface area (Å²) in [6.45, 7) is 6.32. The van der Waals surface area contributed by atoms with Crippen LogP contribution in [-0.2, 0) is 0 Å². The summed E-state index contributed by atoms with van der Waals surface area (Å²) in [6.07, 6.45) is 0. The average Bonchev–Trinajstić information content (AvgIpc) is 2.58. The number of hydrogen-bond acceptors (Lipinski definition) is 1. The third kappa shape index (κ3) is 2.91. The van der Waals surface area contributed by atoms with E-state index in [1.54, 1.807) is 0 Å². The number of aryl methyl sites for hydroxylation is 3. The van der Waals surface area contributed by atoms with Gasteiger partial charge in [-0.15, -0.1) is 0 Å². The molecule has 0 saturated carbocycles. The molecule has 0 aliphatic rings. The van der Waals surface area contributed by atoms with Crippen molar-refractivity contribution in [3.05, 3.63) is 81.8 Å². The van der Waals surface area contributed by atoms with Gasteiger partial charge in [0.05, 0.1) is 0 Å². The molecule has 25 heavy (non-hydrogen) atoms. The minimum absolute atomic E-state index is 0.888. The van der Waals surface area contributed by atoms with Crippen molar-refractivity contribution in [1.29, 1.82) is 0 Å². The molecular formula is C23H19BrO. The van der Waals surface area contributed by atoms with Gasteiger partial charge in [0, 0.05) is 15.2 Å². The highest BCUT2D eigenvalue weighted by Gasteiger charge is 2.11. The standard InChI is InChI=1S/C23H19BrO/c1-14-10-15(2)23(16(3)11-14)25-22-9-8-21(24)19-12-17-6-4-5-7-18(17)13-20(19)22/h4-13H,1-3H3. The molecular weight excluding hydrogens is 372 g/mol. The van der Waals surface area contributed by atoms with Crippen molar-refractivity contribution < 1.29 is 4.74 Å². The first-order valence-corrected chi connectivity index (χ1v) is 9.19. The molecule has 4 rings (SSSR count). The summed E-state index contributed by atoms with van der Waals surface area (Å²) in [5, 5.41) is 4.73. The first-order valence-electron chi connectivity index (χ1n) is 8.39. The number of hydrogen-bond donors (Lipinski definition) is 0. The van der Waals surface area contributed by atoms with E-state index < -0.39 is 0 Å². The van der Waals surface area contributed by atoms with Gasteiger partial charge in [0.25, 0.3) is 0 Å². The average molecular weight is 391 g/mol. The largest absolute Gasteiger partial charge is 0.456 e. The fourth-order valence-electron chi connectivity index (χ4n) is 3.50. The van der Waals surface area contributed by atoms with E-state index in [4.69, 9.17) is 4.74 Å². The molecule has 4 aromatic carbocycles. The topological polar surface area (TPSA) is 9.23 Å². The van der Waals surface area contributed by atoms with Crippen molar-refractivity contribution in [2.24, 2.45) is 0 Å². The van der Waals surface area contributed by atoms with E-state index in [2.05, 4.69) is 91.3 Å². The molecule has 124 valence electrons. The lowest BCUT2D eigenvalue weighted by molar-refractivity contribution is 0.480. The van der Waals surface area contributed by atoms with E-state index in [0.717, 1.165) is 32.5 Å². The molecule has 1 nitrogen and oxygen atoms in total. The third-order valence-corrected chi connectivity index (χ3v) is 5.30. The van der Waals surface area contributed by atoms with Gasteiger partial charge < -0.3 is 4.74 Å². The molecule has 0 bridgehead atoms. The molecule has 0 atom stereocenters. The maximum atomic E-state index is 6.39. The highest BCUT2D eigenvalue weighted by Crippen LogP contribution is 2.38. The smallest absolute Gasteiger partial charge is 0.135 e. The highest BCUT2D eigenvalue weighted by atomic mass is 79.9. The van der Waals surface area contributed by atoms with Crippen LogP contribution in [0.2, 0.25) is 0 Å². The van der Waals surface area contributed by atoms with Crippen molar-refractivity contribution >= 4 is 37.5 Å². The van der Waals surface area contributed by atoms with Gasteiger partial charge in [-0.2, -0.15) is 0 Å². The van der Waals surface area contributed by atoms with Crippen LogP contribution < -0.4 is 4.74 Å². The lowest BCUT2D eigenvalue weighted by atomic mass is 10.0. The SMILES string of the molecule is Cc1cc(C)c(Oc2ccc(Br)c3cc4ccccc4cc23)c(C)c1. The summed E-state index contributed by atoms with van der Waals surface area (Å²) < 4.78 is 7.47. The second-order valence-electron chi connectivity index (χ2n) is 6.62. The Morgan fingerprint density at radius 1 is 0.720 bits per heavy atom. The van der Waals surface area contributed by atoms with Crippen molar-refractivity contribution in [2.75, 3.05) is 0 Å². The van der Waals surface area contributed by atoms with Crippen LogP contribution in [0.15, 0.2) is 65.1 Å². The van der Waals surface area contributed by atoms with Gasteiger partial charge in [-0.3, -0.25) is 0 Å². The Kier molecular flexibility index (Phi) is 4.01. The second kappa shape index (κ2) is 6.20. The second-order valence-corrected chi connectivity index (χ2v) is 7.47. The maximum Gasteiger partial charge on any atom is 0.135 e. The zero-order valence-electron chi connectivity index (χ0n) is 14.6. The minimum Gasteiger partial charge on any atom is -0.456 e. The van der Waals surface area contributed by atoms with Gasteiger partial charge in [0.2, 0.25) is 0 Å². The van der Waals surface area contributed by atoms with Crippen LogP contribution in [-0.4, -0.2) is 0 Å². The quantitative estimate of drug-likeness (QED) is 0.322. The Balaban J connectivity index is 1.93. The molecule has 0 amide bonds. The number of benzene rings is 4. The fraction of sp³-hybridized carbons (Fsp3) is 0.130. The van der Waals surface area contributed by atoms with Crippen LogP contribution in [0.3, 0.4) is 0 Å². The van der Waals surface area contributed by atoms with E-state index >= 15 is 0 Å². The Morgan fingerprint density at radius 3 is 1.96 bits per heavy atom. The molecule has 0 aliphatic carbocycles. The number of halogens is 1. The van der Waals surface area contributed by atoms with Gasteiger partial charge in [-0.25, -0.2) is 0 Å². The van der Waals surface area contributed by atoms with E-state index in [9.17, 15) is 0 Å². The van der Waals surface area contributed by atoms with Gasteiger partial charge >= 0.3 is 0 Å². The molecule has 0 heterocycles. The highest BCUT2D eigenvalue weighted by molar-refractivity contribution is 9.10. The minimum atomic E-state index is 0.888. The third-order valence-electron chi connectivity index (χ3n) is 4.61. The lowest BCUT2D eigenvalue weighted by Crippen LogP contribution is -1.93. The molecule has 0 fully saturated rings. The normalized spacial score (nSPS) is 11.2. The molecule has 0 unspecified atom stereocenters. The van der Waals surface area contributed by atoms with Crippen LogP contribution >= 0.6 is 15.9 Å². The van der Waals surface area contributed by atoms with Gasteiger partial charge in [0.1, 0.15) is 11.5 Å². The van der Waals surface area contributed by atoms with E-state index in [0.29, 0.717) is 0 Å². The molecule has 0 radical (unpaired) electrons. The number of ether oxygens (including phenoxy) is 1. The van der Waals surface area contributed by atoms with E-state index in [1.807, 2.05) is 6.07 Å². The van der Waals surface area contributed by atoms with Crippen molar-refractivity contribution in [3.63, 3.8) is 0 Å². The molecule has 0 N–H and O–H groups in total. The summed E-state index contributed by atoms with van der Waals surface area (Å²) in [4.78, 5) is 0. The number of fused-ring (bicyclic) bond motifs is 2. The van der Waals surface area contributed by atoms with Crippen LogP contribution in [0.4, 0.5) is 0 Å². The van der Waals surface area contributed by atoms with Crippen molar-refractivity contribution in [3.8, 4) is 11.5 Å². The van der Waals surface area contributed by atoms with Gasteiger partial charge in [-0.05, 0) is 66.9 Å². The molecule has 4 aromatic rings. The monoisotopic (exact) mass is 390 g/mol. The molecule has 0 aromatic heterocycles. The number of rotatable bonds is 2. The lowest BCUT2D eigenvalue weighted by Gasteiger charge is -2.15. The van der Waals surface area contributed by atoms with E-state index in [1.165, 1.54) is 21.7 Å². The fourth-order valence-corrected chi connectivity index (χ4v) is 3.96. The predicted molar refractivity (Wildman–Crippen MR) is 110 cm³/mol. The molecule has 0 saturated heterocycles. The van der Waals surface area contributed by atoms with Gasteiger partial charge in [0.15, 0.2) is 0 Å².